The van der Waals surface area contributed by atoms with Gasteiger partial charge in [0, 0.05) is 25.6 Å². The highest BCUT2D eigenvalue weighted by Gasteiger charge is 2.22. The predicted molar refractivity (Wildman–Crippen MR) is 61.9 cm³/mol. The first-order valence-electron chi connectivity index (χ1n) is 5.85. The van der Waals surface area contributed by atoms with Crippen LogP contribution in [0.4, 0.5) is 0 Å². The van der Waals surface area contributed by atoms with Crippen LogP contribution in [0.1, 0.15) is 19.8 Å². The van der Waals surface area contributed by atoms with Crippen LogP contribution in [0, 0.1) is 0 Å². The van der Waals surface area contributed by atoms with Crippen molar-refractivity contribution in [2.24, 2.45) is 0 Å². The van der Waals surface area contributed by atoms with Gasteiger partial charge in [-0.3, -0.25) is 9.59 Å². The molecule has 1 unspecified atom stereocenters. The lowest BCUT2D eigenvalue weighted by Gasteiger charge is -2.21. The number of nitrogens with zero attached hydrogens (tertiary/aromatic N) is 1. The van der Waals surface area contributed by atoms with Crippen LogP contribution in [0.3, 0.4) is 0 Å². The number of carboxylic acids is 1. The van der Waals surface area contributed by atoms with Gasteiger partial charge < -0.3 is 20.1 Å². The second-order valence-corrected chi connectivity index (χ2v) is 4.30. The molecule has 1 heterocycles. The van der Waals surface area contributed by atoms with Crippen LogP contribution >= 0.6 is 0 Å². The maximum Gasteiger partial charge on any atom is 0.329 e. The van der Waals surface area contributed by atoms with Crippen LogP contribution in [-0.2, 0) is 19.1 Å². The summed E-state index contributed by atoms with van der Waals surface area (Å²) in [5.41, 5.74) is 0. The molecule has 0 spiro atoms. The summed E-state index contributed by atoms with van der Waals surface area (Å²) in [5, 5.41) is 11.0. The van der Waals surface area contributed by atoms with Gasteiger partial charge in [0.2, 0.25) is 11.8 Å². The summed E-state index contributed by atoms with van der Waals surface area (Å²) in [6, 6.07) is -0.173. The molecule has 1 fully saturated rings. The molecule has 7 heteroatoms. The van der Waals surface area contributed by atoms with E-state index in [2.05, 4.69) is 10.1 Å². The van der Waals surface area contributed by atoms with Gasteiger partial charge in [0.1, 0.15) is 13.2 Å². The topological polar surface area (TPSA) is 95.9 Å². The van der Waals surface area contributed by atoms with Crippen LogP contribution in [0.15, 0.2) is 0 Å². The monoisotopic (exact) mass is 258 g/mol. The Hall–Kier alpha value is -1.63. The number of rotatable bonds is 7. The quantitative estimate of drug-likeness (QED) is 0.624. The number of carboxylic acid groups (broad SMARTS) is 1. The highest BCUT2D eigenvalue weighted by molar-refractivity contribution is 5.79. The van der Waals surface area contributed by atoms with Gasteiger partial charge in [-0.25, -0.2) is 4.79 Å². The number of nitrogens with one attached hydrogen (secondary N) is 1. The number of carbonyl (C=O) groups is 3. The van der Waals surface area contributed by atoms with Gasteiger partial charge in [0.15, 0.2) is 0 Å². The fraction of sp³-hybridized carbons (Fsp3) is 0.727. The Morgan fingerprint density at radius 1 is 1.50 bits per heavy atom. The summed E-state index contributed by atoms with van der Waals surface area (Å²) < 4.78 is 4.66. The van der Waals surface area contributed by atoms with Crippen LogP contribution < -0.4 is 5.32 Å². The second-order valence-electron chi connectivity index (χ2n) is 4.30. The maximum absolute atomic E-state index is 11.4. The Labute approximate surface area is 105 Å². The smallest absolute Gasteiger partial charge is 0.329 e. The molecule has 18 heavy (non-hydrogen) atoms. The fourth-order valence-corrected chi connectivity index (χ4v) is 1.82. The SMILES string of the molecule is CC(CN1CCCC1=O)NC(=O)COCC(=O)O. The highest BCUT2D eigenvalue weighted by Crippen LogP contribution is 2.09. The number of amides is 2. The van der Waals surface area contributed by atoms with Crippen LogP contribution in [0.5, 0.6) is 0 Å². The molecule has 1 aliphatic heterocycles. The van der Waals surface area contributed by atoms with E-state index in [1.165, 1.54) is 0 Å². The molecule has 1 aliphatic rings. The minimum Gasteiger partial charge on any atom is -0.480 e. The Bertz CT molecular complexity index is 331. The molecule has 1 saturated heterocycles. The summed E-state index contributed by atoms with van der Waals surface area (Å²) in [6.07, 6.45) is 1.43. The number of hydrogen-bond donors (Lipinski definition) is 2. The molecule has 0 saturated carbocycles. The van der Waals surface area contributed by atoms with Crippen molar-refractivity contribution in [3.05, 3.63) is 0 Å². The minimum absolute atomic E-state index is 0.109. The third-order valence-electron chi connectivity index (χ3n) is 2.53. The summed E-state index contributed by atoms with van der Waals surface area (Å²) >= 11 is 0. The zero-order chi connectivity index (χ0) is 13.5. The zero-order valence-electron chi connectivity index (χ0n) is 10.3. The van der Waals surface area contributed by atoms with E-state index >= 15 is 0 Å². The summed E-state index contributed by atoms with van der Waals surface area (Å²) in [6.45, 7) is 2.22. The van der Waals surface area contributed by atoms with E-state index in [4.69, 9.17) is 5.11 Å². The van der Waals surface area contributed by atoms with E-state index in [0.29, 0.717) is 13.0 Å². The molecule has 0 radical (unpaired) electrons. The number of ether oxygens (including phenoxy) is 1. The molecule has 1 rings (SSSR count). The van der Waals surface area contributed by atoms with Crippen molar-refractivity contribution in [3.8, 4) is 0 Å². The van der Waals surface area contributed by atoms with Crippen molar-refractivity contribution in [1.82, 2.24) is 10.2 Å². The third kappa shape index (κ3) is 5.13. The van der Waals surface area contributed by atoms with Crippen molar-refractivity contribution >= 4 is 17.8 Å². The van der Waals surface area contributed by atoms with E-state index in [1.54, 1.807) is 11.8 Å². The standard InChI is InChI=1S/C11H18N2O5/c1-8(5-13-4-2-3-10(13)15)12-9(14)6-18-7-11(16)17/h8H,2-7H2,1H3,(H,12,14)(H,16,17). The molecule has 0 aliphatic carbocycles. The van der Waals surface area contributed by atoms with Gasteiger partial charge in [0.05, 0.1) is 0 Å². The number of aliphatic carboxylic acids is 1. The number of carbonyl (C=O) groups excluding carboxylic acids is 2. The predicted octanol–water partition coefficient (Wildman–Crippen LogP) is -0.785. The van der Waals surface area contributed by atoms with E-state index < -0.39 is 12.6 Å². The highest BCUT2D eigenvalue weighted by atomic mass is 16.5. The number of likely N-dealkylation sites (tertiary alicyclic amines) is 1. The molecule has 0 aromatic rings. The minimum atomic E-state index is -1.11. The van der Waals surface area contributed by atoms with Crippen molar-refractivity contribution in [2.75, 3.05) is 26.3 Å². The third-order valence-corrected chi connectivity index (χ3v) is 2.53. The van der Waals surface area contributed by atoms with E-state index in [0.717, 1.165) is 13.0 Å². The van der Waals surface area contributed by atoms with Gasteiger partial charge >= 0.3 is 5.97 Å². The van der Waals surface area contributed by atoms with Gasteiger partial charge in [-0.1, -0.05) is 0 Å². The molecule has 7 nitrogen and oxygen atoms in total. The first-order chi connectivity index (χ1) is 8.49. The lowest BCUT2D eigenvalue weighted by atomic mass is 10.3. The van der Waals surface area contributed by atoms with Crippen LogP contribution in [0.25, 0.3) is 0 Å². The molecule has 102 valence electrons. The number of hydrogen-bond acceptors (Lipinski definition) is 4. The molecule has 2 N–H and O–H groups in total. The van der Waals surface area contributed by atoms with Crippen molar-refractivity contribution in [1.29, 1.82) is 0 Å². The van der Waals surface area contributed by atoms with Crippen molar-refractivity contribution < 1.29 is 24.2 Å². The first kappa shape index (κ1) is 14.4. The lowest BCUT2D eigenvalue weighted by Crippen LogP contribution is -2.43. The largest absolute Gasteiger partial charge is 0.480 e. The van der Waals surface area contributed by atoms with E-state index in [-0.39, 0.29) is 24.5 Å². The first-order valence-corrected chi connectivity index (χ1v) is 5.85. The zero-order valence-corrected chi connectivity index (χ0v) is 10.3. The van der Waals surface area contributed by atoms with Gasteiger partial charge in [-0.05, 0) is 13.3 Å². The summed E-state index contributed by atoms with van der Waals surface area (Å²) in [7, 11) is 0. The average Bonchev–Trinajstić information content (AvgIpc) is 2.63. The van der Waals surface area contributed by atoms with Crippen LogP contribution in [0.2, 0.25) is 0 Å². The fourth-order valence-electron chi connectivity index (χ4n) is 1.82. The Balaban J connectivity index is 2.18. The maximum atomic E-state index is 11.4. The average molecular weight is 258 g/mol. The molecular weight excluding hydrogens is 240 g/mol. The molecule has 0 aromatic heterocycles. The van der Waals surface area contributed by atoms with E-state index in [1.807, 2.05) is 0 Å². The van der Waals surface area contributed by atoms with Gasteiger partial charge in [0.25, 0.3) is 0 Å². The molecular formula is C11H18N2O5. The lowest BCUT2D eigenvalue weighted by molar-refractivity contribution is -0.143. The molecule has 1 atom stereocenters. The van der Waals surface area contributed by atoms with Crippen molar-refractivity contribution in [3.63, 3.8) is 0 Å². The molecule has 0 bridgehead atoms. The van der Waals surface area contributed by atoms with E-state index in [9.17, 15) is 14.4 Å². The summed E-state index contributed by atoms with van der Waals surface area (Å²) in [4.78, 5) is 34.6. The van der Waals surface area contributed by atoms with Crippen molar-refractivity contribution in [2.45, 2.75) is 25.8 Å². The van der Waals surface area contributed by atoms with Gasteiger partial charge in [-0.15, -0.1) is 0 Å². The Morgan fingerprint density at radius 2 is 2.22 bits per heavy atom. The Morgan fingerprint density at radius 3 is 2.78 bits per heavy atom. The van der Waals surface area contributed by atoms with Crippen LogP contribution in [-0.4, -0.2) is 60.1 Å². The van der Waals surface area contributed by atoms with Gasteiger partial charge in [-0.2, -0.15) is 0 Å². The molecule has 2 amide bonds. The Kier molecular flexibility index (Phi) is 5.57. The normalized spacial score (nSPS) is 16.7. The second kappa shape index (κ2) is 6.95. The summed E-state index contributed by atoms with van der Waals surface area (Å²) in [5.74, 6) is -1.38. The molecule has 0 aromatic carbocycles.